The van der Waals surface area contributed by atoms with Gasteiger partial charge < -0.3 is 14.8 Å². The van der Waals surface area contributed by atoms with Crippen LogP contribution in [0.3, 0.4) is 0 Å². The van der Waals surface area contributed by atoms with Crippen molar-refractivity contribution >= 4 is 5.82 Å². The van der Waals surface area contributed by atoms with E-state index >= 15 is 0 Å². The van der Waals surface area contributed by atoms with Gasteiger partial charge in [0.05, 0.1) is 5.69 Å². The Labute approximate surface area is 130 Å². The summed E-state index contributed by atoms with van der Waals surface area (Å²) in [5.74, 6) is 2.82. The number of aromatic amines is 1. The second-order valence-corrected chi connectivity index (χ2v) is 6.35. The number of imidazole rings is 1. The maximum atomic E-state index is 4.60. The Kier molecular flexibility index (Phi) is 3.54. The highest BCUT2D eigenvalue weighted by molar-refractivity contribution is 5.50. The maximum Gasteiger partial charge on any atom is 0.136 e. The van der Waals surface area contributed by atoms with Crippen molar-refractivity contribution in [3.8, 4) is 0 Å². The smallest absolute Gasteiger partial charge is 0.136 e. The molecule has 2 aromatic rings. The van der Waals surface area contributed by atoms with Crippen LogP contribution in [0.5, 0.6) is 0 Å². The number of hydrogen-bond acceptors (Lipinski definition) is 5. The lowest BCUT2D eigenvalue weighted by Gasteiger charge is -2.35. The van der Waals surface area contributed by atoms with E-state index < -0.39 is 0 Å². The van der Waals surface area contributed by atoms with Gasteiger partial charge in [-0.3, -0.25) is 0 Å². The fourth-order valence-corrected chi connectivity index (χ4v) is 3.60. The molecule has 0 unspecified atom stereocenters. The molecule has 0 atom stereocenters. The zero-order chi connectivity index (χ0) is 14.9. The summed E-state index contributed by atoms with van der Waals surface area (Å²) >= 11 is 0. The first-order valence-electron chi connectivity index (χ1n) is 8.07. The monoisotopic (exact) mass is 298 g/mol. The Bertz CT molecular complexity index is 630. The molecule has 6 nitrogen and oxygen atoms in total. The molecule has 2 aromatic heterocycles. The minimum atomic E-state index is 0.548. The average Bonchev–Trinajstić information content (AvgIpc) is 3.09. The van der Waals surface area contributed by atoms with Crippen molar-refractivity contribution in [2.75, 3.05) is 31.6 Å². The van der Waals surface area contributed by atoms with Gasteiger partial charge in [0.25, 0.3) is 0 Å². The van der Waals surface area contributed by atoms with Crippen LogP contribution in [0.15, 0.2) is 18.7 Å². The van der Waals surface area contributed by atoms with Crippen molar-refractivity contribution in [3.63, 3.8) is 0 Å². The van der Waals surface area contributed by atoms with E-state index in [1.54, 1.807) is 6.33 Å². The van der Waals surface area contributed by atoms with Crippen LogP contribution in [0.4, 0.5) is 5.82 Å². The van der Waals surface area contributed by atoms with E-state index in [4.69, 9.17) is 0 Å². The minimum absolute atomic E-state index is 0.548. The minimum Gasteiger partial charge on any atom is -0.356 e. The molecule has 0 amide bonds. The Morgan fingerprint density at radius 1 is 1.14 bits per heavy atom. The molecule has 0 aliphatic carbocycles. The lowest BCUT2D eigenvalue weighted by atomic mass is 9.95. The van der Waals surface area contributed by atoms with Gasteiger partial charge in [-0.15, -0.1) is 0 Å². The molecule has 4 rings (SSSR count). The van der Waals surface area contributed by atoms with Crippen molar-refractivity contribution in [1.82, 2.24) is 24.8 Å². The van der Waals surface area contributed by atoms with Crippen LogP contribution >= 0.6 is 0 Å². The van der Waals surface area contributed by atoms with E-state index in [2.05, 4.69) is 36.8 Å². The maximum absolute atomic E-state index is 4.60. The molecule has 0 saturated carbocycles. The Balaban J connectivity index is 1.52. The number of likely N-dealkylation sites (N-methyl/N-ethyl adjacent to an activating group) is 1. The van der Waals surface area contributed by atoms with Gasteiger partial charge in [0.1, 0.15) is 18.0 Å². The molecule has 0 aromatic carbocycles. The first-order valence-corrected chi connectivity index (χ1v) is 8.07. The van der Waals surface area contributed by atoms with Gasteiger partial charge in [-0.1, -0.05) is 0 Å². The summed E-state index contributed by atoms with van der Waals surface area (Å²) in [6.07, 6.45) is 8.78. The number of rotatable bonds is 2. The predicted molar refractivity (Wildman–Crippen MR) is 84.8 cm³/mol. The predicted octanol–water partition coefficient (Wildman–Crippen LogP) is 1.57. The third-order valence-corrected chi connectivity index (χ3v) is 4.87. The van der Waals surface area contributed by atoms with Gasteiger partial charge in [-0.25, -0.2) is 15.0 Å². The Morgan fingerprint density at radius 2 is 2.00 bits per heavy atom. The second-order valence-electron chi connectivity index (χ2n) is 6.35. The molecular weight excluding hydrogens is 276 g/mol. The van der Waals surface area contributed by atoms with Gasteiger partial charge in [0.15, 0.2) is 0 Å². The van der Waals surface area contributed by atoms with Crippen molar-refractivity contribution in [3.05, 3.63) is 35.8 Å². The van der Waals surface area contributed by atoms with Gasteiger partial charge in [0.2, 0.25) is 0 Å². The van der Waals surface area contributed by atoms with Crippen molar-refractivity contribution < 1.29 is 0 Å². The molecule has 1 saturated heterocycles. The summed E-state index contributed by atoms with van der Waals surface area (Å²) in [5.41, 5.74) is 2.56. The van der Waals surface area contributed by atoms with Crippen LogP contribution < -0.4 is 4.90 Å². The molecule has 22 heavy (non-hydrogen) atoms. The standard InChI is InChI=1S/C16H22N6/c1-21-7-4-14-13(10-21)16(20-11-19-14)22-8-2-12(3-9-22)15-17-5-6-18-15/h5-6,11-12H,2-4,7-10H2,1H3,(H,17,18). The van der Waals surface area contributed by atoms with E-state index in [9.17, 15) is 0 Å². The fraction of sp³-hybridized carbons (Fsp3) is 0.562. The number of nitrogens with one attached hydrogen (secondary N) is 1. The number of hydrogen-bond donors (Lipinski definition) is 1. The molecule has 2 aliphatic heterocycles. The lowest BCUT2D eigenvalue weighted by Crippen LogP contribution is -2.36. The number of fused-ring (bicyclic) bond motifs is 1. The summed E-state index contributed by atoms with van der Waals surface area (Å²) in [6, 6.07) is 0. The summed E-state index contributed by atoms with van der Waals surface area (Å²) in [5, 5.41) is 0. The van der Waals surface area contributed by atoms with Crippen molar-refractivity contribution in [2.24, 2.45) is 0 Å². The number of piperidine rings is 1. The molecule has 4 heterocycles. The highest BCUT2D eigenvalue weighted by Gasteiger charge is 2.27. The summed E-state index contributed by atoms with van der Waals surface area (Å²) in [7, 11) is 2.17. The zero-order valence-corrected chi connectivity index (χ0v) is 13.0. The molecular formula is C16H22N6. The van der Waals surface area contributed by atoms with E-state index in [1.165, 1.54) is 11.3 Å². The largest absolute Gasteiger partial charge is 0.356 e. The molecule has 1 fully saturated rings. The summed E-state index contributed by atoms with van der Waals surface area (Å²) in [4.78, 5) is 21.5. The molecule has 116 valence electrons. The average molecular weight is 298 g/mol. The number of anilines is 1. The SMILES string of the molecule is CN1CCc2ncnc(N3CCC(c4ncc[nH]4)CC3)c2C1. The summed E-state index contributed by atoms with van der Waals surface area (Å²) < 4.78 is 0. The van der Waals surface area contributed by atoms with Gasteiger partial charge in [-0.05, 0) is 19.9 Å². The van der Waals surface area contributed by atoms with E-state index in [0.29, 0.717) is 5.92 Å². The van der Waals surface area contributed by atoms with Crippen LogP contribution in [0.2, 0.25) is 0 Å². The van der Waals surface area contributed by atoms with Crippen LogP contribution in [0.25, 0.3) is 0 Å². The van der Waals surface area contributed by atoms with Crippen molar-refractivity contribution in [2.45, 2.75) is 31.7 Å². The molecule has 0 radical (unpaired) electrons. The highest BCUT2D eigenvalue weighted by atomic mass is 15.2. The number of aromatic nitrogens is 4. The first kappa shape index (κ1) is 13.7. The van der Waals surface area contributed by atoms with Crippen LogP contribution in [0, 0.1) is 0 Å². The zero-order valence-electron chi connectivity index (χ0n) is 13.0. The van der Waals surface area contributed by atoms with E-state index in [0.717, 1.165) is 57.1 Å². The van der Waals surface area contributed by atoms with Crippen LogP contribution in [0.1, 0.15) is 35.8 Å². The topological polar surface area (TPSA) is 60.9 Å². The summed E-state index contributed by atoms with van der Waals surface area (Å²) in [6.45, 7) is 4.13. The molecule has 1 N–H and O–H groups in total. The second kappa shape index (κ2) is 5.68. The quantitative estimate of drug-likeness (QED) is 0.912. The van der Waals surface area contributed by atoms with Crippen LogP contribution in [-0.4, -0.2) is 51.5 Å². The number of H-pyrrole nitrogens is 1. The Morgan fingerprint density at radius 3 is 2.77 bits per heavy atom. The van der Waals surface area contributed by atoms with Gasteiger partial charge >= 0.3 is 0 Å². The fourth-order valence-electron chi connectivity index (χ4n) is 3.60. The van der Waals surface area contributed by atoms with E-state index in [1.807, 2.05) is 12.4 Å². The van der Waals surface area contributed by atoms with Crippen LogP contribution in [-0.2, 0) is 13.0 Å². The Hall–Kier alpha value is -1.95. The number of nitrogens with zero attached hydrogens (tertiary/aromatic N) is 5. The third-order valence-electron chi connectivity index (χ3n) is 4.87. The molecule has 0 bridgehead atoms. The molecule has 2 aliphatic rings. The normalized spacial score (nSPS) is 20.1. The molecule has 6 heteroatoms. The third kappa shape index (κ3) is 2.47. The van der Waals surface area contributed by atoms with Crippen molar-refractivity contribution in [1.29, 1.82) is 0 Å². The van der Waals surface area contributed by atoms with E-state index in [-0.39, 0.29) is 0 Å². The van der Waals surface area contributed by atoms with Gasteiger partial charge in [-0.2, -0.15) is 0 Å². The van der Waals surface area contributed by atoms with Gasteiger partial charge in [0, 0.05) is 56.5 Å². The highest BCUT2D eigenvalue weighted by Crippen LogP contribution is 2.31. The lowest BCUT2D eigenvalue weighted by molar-refractivity contribution is 0.308. The molecule has 0 spiro atoms. The first-order chi connectivity index (χ1) is 10.8.